The zero-order valence-corrected chi connectivity index (χ0v) is 10.6. The van der Waals surface area contributed by atoms with Crippen molar-refractivity contribution in [2.75, 3.05) is 6.61 Å². The van der Waals surface area contributed by atoms with Crippen LogP contribution in [0.3, 0.4) is 0 Å². The van der Waals surface area contributed by atoms with Crippen molar-refractivity contribution in [2.45, 2.75) is 20.1 Å². The highest BCUT2D eigenvalue weighted by Crippen LogP contribution is 2.01. The van der Waals surface area contributed by atoms with E-state index in [4.69, 9.17) is 9.26 Å². The first kappa shape index (κ1) is 13.2. The Balaban J connectivity index is 1.85. The molecule has 0 aliphatic heterocycles. The van der Waals surface area contributed by atoms with Crippen molar-refractivity contribution < 1.29 is 14.1 Å². The summed E-state index contributed by atoms with van der Waals surface area (Å²) < 4.78 is 10.1. The second-order valence-electron chi connectivity index (χ2n) is 3.79. The van der Waals surface area contributed by atoms with E-state index in [0.717, 1.165) is 0 Å². The highest BCUT2D eigenvalue weighted by atomic mass is 16.5. The first-order valence-electron chi connectivity index (χ1n) is 6.02. The number of nitrogens with one attached hydrogen (secondary N) is 1. The minimum Gasteiger partial charge on any atom is -0.372 e. The summed E-state index contributed by atoms with van der Waals surface area (Å²) in [7, 11) is 0. The second kappa shape index (κ2) is 6.65. The fourth-order valence-electron chi connectivity index (χ4n) is 1.46. The number of hydrogen-bond acceptors (Lipinski definition) is 5. The smallest absolute Gasteiger partial charge is 0.252 e. The number of amides is 1. The summed E-state index contributed by atoms with van der Waals surface area (Å²) in [6.07, 6.45) is 0. The van der Waals surface area contributed by atoms with Crippen LogP contribution in [-0.4, -0.2) is 22.7 Å². The molecule has 1 aromatic carbocycles. The zero-order chi connectivity index (χ0) is 13.5. The lowest BCUT2D eigenvalue weighted by molar-refractivity contribution is 0.0949. The molecule has 100 valence electrons. The van der Waals surface area contributed by atoms with Crippen LogP contribution in [0, 0.1) is 0 Å². The molecule has 1 heterocycles. The molecule has 0 bridgehead atoms. The van der Waals surface area contributed by atoms with E-state index in [9.17, 15) is 4.79 Å². The van der Waals surface area contributed by atoms with Crippen molar-refractivity contribution in [3.63, 3.8) is 0 Å². The number of nitrogens with zero attached hydrogens (tertiary/aromatic N) is 2. The molecule has 6 nitrogen and oxygen atoms in total. The van der Waals surface area contributed by atoms with Crippen molar-refractivity contribution in [3.8, 4) is 0 Å². The van der Waals surface area contributed by atoms with Crippen LogP contribution in [0.1, 0.15) is 29.0 Å². The maximum atomic E-state index is 11.8. The average molecular weight is 261 g/mol. The van der Waals surface area contributed by atoms with Crippen LogP contribution in [0.2, 0.25) is 0 Å². The monoisotopic (exact) mass is 261 g/mol. The number of aromatic nitrogens is 2. The molecule has 0 spiro atoms. The molecule has 0 aliphatic carbocycles. The first-order valence-corrected chi connectivity index (χ1v) is 6.02. The fraction of sp³-hybridized carbons (Fsp3) is 0.308. The molecular weight excluding hydrogens is 246 g/mol. The highest BCUT2D eigenvalue weighted by Gasteiger charge is 2.08. The minimum absolute atomic E-state index is 0.170. The molecule has 0 unspecified atom stereocenters. The van der Waals surface area contributed by atoms with Gasteiger partial charge in [-0.3, -0.25) is 4.79 Å². The lowest BCUT2D eigenvalue weighted by atomic mass is 10.2. The van der Waals surface area contributed by atoms with E-state index in [0.29, 0.717) is 23.9 Å². The van der Waals surface area contributed by atoms with Crippen LogP contribution in [0.25, 0.3) is 0 Å². The summed E-state index contributed by atoms with van der Waals surface area (Å²) in [5.74, 6) is 0.668. The van der Waals surface area contributed by atoms with E-state index in [2.05, 4.69) is 15.5 Å². The van der Waals surface area contributed by atoms with E-state index >= 15 is 0 Å². The van der Waals surface area contributed by atoms with Crippen LogP contribution < -0.4 is 5.32 Å². The molecule has 0 aliphatic rings. The number of carbonyl (C=O) groups is 1. The molecule has 1 N–H and O–H groups in total. The van der Waals surface area contributed by atoms with E-state index in [1.54, 1.807) is 12.1 Å². The summed E-state index contributed by atoms with van der Waals surface area (Å²) in [5.41, 5.74) is 0.598. The molecule has 1 amide bonds. The summed E-state index contributed by atoms with van der Waals surface area (Å²) in [5, 5.41) is 6.47. The Labute approximate surface area is 110 Å². The predicted molar refractivity (Wildman–Crippen MR) is 67.2 cm³/mol. The van der Waals surface area contributed by atoms with Crippen LogP contribution in [0.4, 0.5) is 0 Å². The van der Waals surface area contributed by atoms with Gasteiger partial charge in [0, 0.05) is 12.2 Å². The van der Waals surface area contributed by atoms with Gasteiger partial charge in [-0.1, -0.05) is 23.4 Å². The third kappa shape index (κ3) is 3.89. The highest BCUT2D eigenvalue weighted by molar-refractivity contribution is 5.93. The summed E-state index contributed by atoms with van der Waals surface area (Å²) >= 11 is 0. The Morgan fingerprint density at radius 2 is 2.16 bits per heavy atom. The quantitative estimate of drug-likeness (QED) is 0.853. The summed E-state index contributed by atoms with van der Waals surface area (Å²) in [6, 6.07) is 8.96. The zero-order valence-electron chi connectivity index (χ0n) is 10.6. The third-order valence-corrected chi connectivity index (χ3v) is 2.38. The molecule has 0 atom stereocenters. The molecule has 1 aromatic heterocycles. The molecule has 2 aromatic rings. The molecule has 0 saturated carbocycles. The molecule has 2 rings (SSSR count). The van der Waals surface area contributed by atoms with Gasteiger partial charge < -0.3 is 14.6 Å². The Morgan fingerprint density at radius 1 is 1.37 bits per heavy atom. The van der Waals surface area contributed by atoms with Gasteiger partial charge in [0.2, 0.25) is 0 Å². The Hall–Kier alpha value is -2.21. The van der Waals surface area contributed by atoms with E-state index < -0.39 is 0 Å². The van der Waals surface area contributed by atoms with Gasteiger partial charge in [-0.2, -0.15) is 4.98 Å². The Kier molecular flexibility index (Phi) is 4.63. The largest absolute Gasteiger partial charge is 0.372 e. The van der Waals surface area contributed by atoms with E-state index in [1.165, 1.54) is 0 Å². The maximum Gasteiger partial charge on any atom is 0.252 e. The van der Waals surface area contributed by atoms with Gasteiger partial charge in [0.05, 0.1) is 6.54 Å². The molecule has 0 fully saturated rings. The van der Waals surface area contributed by atoms with Gasteiger partial charge in [0.15, 0.2) is 5.82 Å². The Bertz CT molecular complexity index is 525. The molecular formula is C13H15N3O3. The van der Waals surface area contributed by atoms with Crippen molar-refractivity contribution in [1.29, 1.82) is 0 Å². The van der Waals surface area contributed by atoms with Crippen molar-refractivity contribution in [1.82, 2.24) is 15.5 Å². The van der Waals surface area contributed by atoms with Gasteiger partial charge >= 0.3 is 0 Å². The van der Waals surface area contributed by atoms with Crippen LogP contribution in [0.5, 0.6) is 0 Å². The van der Waals surface area contributed by atoms with Gasteiger partial charge in [0.1, 0.15) is 6.61 Å². The average Bonchev–Trinajstić information content (AvgIpc) is 2.91. The van der Waals surface area contributed by atoms with Gasteiger partial charge in [-0.25, -0.2) is 0 Å². The number of ether oxygens (including phenoxy) is 1. The summed E-state index contributed by atoms with van der Waals surface area (Å²) in [6.45, 7) is 2.99. The number of benzene rings is 1. The van der Waals surface area contributed by atoms with Crippen molar-refractivity contribution >= 4 is 5.91 Å². The number of rotatable bonds is 6. The Morgan fingerprint density at radius 3 is 2.89 bits per heavy atom. The molecule has 0 radical (unpaired) electrons. The van der Waals surface area contributed by atoms with Crippen LogP contribution in [-0.2, 0) is 17.9 Å². The molecule has 6 heteroatoms. The van der Waals surface area contributed by atoms with Gasteiger partial charge in [-0.05, 0) is 19.1 Å². The standard InChI is InChI=1S/C13H15N3O3/c1-2-18-9-12-15-11(16-19-12)8-14-13(17)10-6-4-3-5-7-10/h3-7H,2,8-9H2,1H3,(H,14,17). The normalized spacial score (nSPS) is 10.4. The number of carbonyl (C=O) groups excluding carboxylic acids is 1. The topological polar surface area (TPSA) is 77.2 Å². The van der Waals surface area contributed by atoms with E-state index in [1.807, 2.05) is 25.1 Å². The van der Waals surface area contributed by atoms with E-state index in [-0.39, 0.29) is 19.1 Å². The third-order valence-electron chi connectivity index (χ3n) is 2.38. The lowest BCUT2D eigenvalue weighted by Crippen LogP contribution is -2.23. The fourth-order valence-corrected chi connectivity index (χ4v) is 1.46. The minimum atomic E-state index is -0.170. The van der Waals surface area contributed by atoms with Gasteiger partial charge in [0.25, 0.3) is 11.8 Å². The van der Waals surface area contributed by atoms with Crippen LogP contribution in [0.15, 0.2) is 34.9 Å². The summed E-state index contributed by atoms with van der Waals surface area (Å²) in [4.78, 5) is 15.9. The number of hydrogen-bond donors (Lipinski definition) is 1. The second-order valence-corrected chi connectivity index (χ2v) is 3.79. The lowest BCUT2D eigenvalue weighted by Gasteiger charge is -2.01. The first-order chi connectivity index (χ1) is 9.29. The SMILES string of the molecule is CCOCc1nc(CNC(=O)c2ccccc2)no1. The van der Waals surface area contributed by atoms with Crippen LogP contribution >= 0.6 is 0 Å². The molecule has 0 saturated heterocycles. The molecule has 19 heavy (non-hydrogen) atoms. The maximum absolute atomic E-state index is 11.8. The van der Waals surface area contributed by atoms with Gasteiger partial charge in [-0.15, -0.1) is 0 Å². The van der Waals surface area contributed by atoms with Crippen molar-refractivity contribution in [3.05, 3.63) is 47.6 Å². The van der Waals surface area contributed by atoms with Crippen molar-refractivity contribution in [2.24, 2.45) is 0 Å². The predicted octanol–water partition coefficient (Wildman–Crippen LogP) is 1.54.